The summed E-state index contributed by atoms with van der Waals surface area (Å²) in [4.78, 5) is 38.6. The largest absolute Gasteiger partial charge is 0.457 e. The molecule has 0 radical (unpaired) electrons. The molecule has 0 saturated heterocycles. The van der Waals surface area contributed by atoms with Crippen molar-refractivity contribution in [3.63, 3.8) is 0 Å². The molecule has 0 bridgehead atoms. The molecule has 0 unspecified atom stereocenters. The Hall–Kier alpha value is -3.61. The van der Waals surface area contributed by atoms with Crippen molar-refractivity contribution >= 4 is 23.9 Å². The van der Waals surface area contributed by atoms with Crippen LogP contribution in [0.15, 0.2) is 54.6 Å². The number of carbonyl (C=O) groups excluding carboxylic acids is 3. The van der Waals surface area contributed by atoms with Crippen molar-refractivity contribution < 1.29 is 23.9 Å². The maximum absolute atomic E-state index is 12.3. The summed E-state index contributed by atoms with van der Waals surface area (Å²) in [6, 6.07) is 14.2. The molecular formula is C21H22N4O4. The molecule has 29 heavy (non-hydrogen) atoms. The van der Waals surface area contributed by atoms with Crippen molar-refractivity contribution in [1.29, 1.82) is 0 Å². The van der Waals surface area contributed by atoms with Gasteiger partial charge in [0.15, 0.2) is 0 Å². The molecule has 2 aromatic rings. The zero-order valence-electron chi connectivity index (χ0n) is 15.9. The average molecular weight is 394 g/mol. The highest BCUT2D eigenvalue weighted by atomic mass is 16.5. The zero-order chi connectivity index (χ0) is 21.2. The standard InChI is InChI=1S/C21H22N4O4/c1-14(19(26)12-24-23)25-20(27)18(22)11-16-8-5-9-17(10-16)21(28)29-13-15-6-3-2-4-7-15/h2-10,12,14,18H,11,13,22H2,1H3,(H,25,27)/t14-,18-/m0/s1. The van der Waals surface area contributed by atoms with Crippen LogP contribution >= 0.6 is 0 Å². The predicted molar refractivity (Wildman–Crippen MR) is 106 cm³/mol. The molecular weight excluding hydrogens is 372 g/mol. The summed E-state index contributed by atoms with van der Waals surface area (Å²) < 4.78 is 5.30. The Kier molecular flexibility index (Phi) is 7.97. The van der Waals surface area contributed by atoms with Crippen LogP contribution in [0, 0.1) is 0 Å². The third-order valence-corrected chi connectivity index (χ3v) is 4.14. The summed E-state index contributed by atoms with van der Waals surface area (Å²) >= 11 is 0. The number of ether oxygens (including phenoxy) is 1. The zero-order valence-corrected chi connectivity index (χ0v) is 15.9. The molecule has 150 valence electrons. The smallest absolute Gasteiger partial charge is 0.338 e. The summed E-state index contributed by atoms with van der Waals surface area (Å²) in [6.45, 7) is 1.62. The molecule has 2 atom stereocenters. The monoisotopic (exact) mass is 394 g/mol. The van der Waals surface area contributed by atoms with Crippen LogP contribution in [0.3, 0.4) is 0 Å². The second kappa shape index (κ2) is 10.7. The van der Waals surface area contributed by atoms with Crippen molar-refractivity contribution in [2.24, 2.45) is 5.73 Å². The molecule has 2 rings (SSSR count). The SMILES string of the molecule is C[C@H](NC(=O)[C@@H](N)Cc1cccc(C(=O)OCc2ccccc2)c1)C(=O)C=[N+]=[N-]. The Bertz CT molecular complexity index is 923. The lowest BCUT2D eigenvalue weighted by molar-refractivity contribution is -0.126. The molecule has 0 heterocycles. The van der Waals surface area contributed by atoms with Gasteiger partial charge in [-0.15, -0.1) is 0 Å². The van der Waals surface area contributed by atoms with Crippen molar-refractivity contribution in [2.75, 3.05) is 0 Å². The van der Waals surface area contributed by atoms with Crippen LogP contribution in [0.4, 0.5) is 0 Å². The second-order valence-corrected chi connectivity index (χ2v) is 6.45. The summed E-state index contributed by atoms with van der Waals surface area (Å²) in [5, 5.41) is 2.45. The number of amides is 1. The van der Waals surface area contributed by atoms with Gasteiger partial charge in [0.25, 0.3) is 5.78 Å². The van der Waals surface area contributed by atoms with E-state index in [1.165, 1.54) is 6.92 Å². The Morgan fingerprint density at radius 2 is 1.83 bits per heavy atom. The number of nitrogens with zero attached hydrogens (tertiary/aromatic N) is 2. The van der Waals surface area contributed by atoms with Gasteiger partial charge in [0.05, 0.1) is 17.6 Å². The predicted octanol–water partition coefficient (Wildman–Crippen LogP) is 1.29. The molecule has 0 aliphatic heterocycles. The van der Waals surface area contributed by atoms with E-state index in [1.807, 2.05) is 30.3 Å². The number of hydrogen-bond donors (Lipinski definition) is 2. The van der Waals surface area contributed by atoms with E-state index in [2.05, 4.69) is 10.1 Å². The number of Topliss-reactive ketones (excluding diaryl/α,β-unsaturated/α-hetero) is 1. The third kappa shape index (κ3) is 6.80. The van der Waals surface area contributed by atoms with E-state index in [0.717, 1.165) is 5.56 Å². The van der Waals surface area contributed by atoms with Crippen molar-refractivity contribution in [1.82, 2.24) is 5.32 Å². The van der Waals surface area contributed by atoms with Crippen LogP contribution in [0.5, 0.6) is 0 Å². The highest BCUT2D eigenvalue weighted by Crippen LogP contribution is 2.11. The van der Waals surface area contributed by atoms with Crippen molar-refractivity contribution in [3.8, 4) is 0 Å². The Balaban J connectivity index is 1.94. The van der Waals surface area contributed by atoms with Gasteiger partial charge in [0.2, 0.25) is 5.91 Å². The van der Waals surface area contributed by atoms with E-state index in [1.54, 1.807) is 24.3 Å². The number of carbonyl (C=O) groups is 3. The van der Waals surface area contributed by atoms with Crippen LogP contribution < -0.4 is 11.1 Å². The highest BCUT2D eigenvalue weighted by Gasteiger charge is 2.21. The van der Waals surface area contributed by atoms with Crippen molar-refractivity contribution in [3.05, 3.63) is 76.8 Å². The van der Waals surface area contributed by atoms with E-state index < -0.39 is 29.7 Å². The van der Waals surface area contributed by atoms with Crippen molar-refractivity contribution in [2.45, 2.75) is 32.0 Å². The Labute approximate surface area is 168 Å². The van der Waals surface area contributed by atoms with Gasteiger partial charge < -0.3 is 21.3 Å². The minimum absolute atomic E-state index is 0.162. The number of benzene rings is 2. The first-order valence-corrected chi connectivity index (χ1v) is 8.98. The van der Waals surface area contributed by atoms with Crippen LogP contribution in [0.2, 0.25) is 0 Å². The second-order valence-electron chi connectivity index (χ2n) is 6.45. The third-order valence-electron chi connectivity index (χ3n) is 4.14. The Morgan fingerprint density at radius 3 is 2.52 bits per heavy atom. The first-order valence-electron chi connectivity index (χ1n) is 8.98. The quantitative estimate of drug-likeness (QED) is 0.286. The van der Waals surface area contributed by atoms with Gasteiger partial charge in [-0.3, -0.25) is 9.59 Å². The van der Waals surface area contributed by atoms with Gasteiger partial charge in [-0.05, 0) is 36.6 Å². The molecule has 2 aromatic carbocycles. The summed E-state index contributed by atoms with van der Waals surface area (Å²) in [6.07, 6.45) is 0.877. The van der Waals surface area contributed by atoms with Gasteiger partial charge in [0.1, 0.15) is 6.61 Å². The number of esters is 1. The summed E-state index contributed by atoms with van der Waals surface area (Å²) in [5.74, 6) is -1.57. The molecule has 0 aliphatic carbocycles. The van der Waals surface area contributed by atoms with Gasteiger partial charge in [-0.1, -0.05) is 42.5 Å². The molecule has 1 amide bonds. The topological polar surface area (TPSA) is 135 Å². The number of hydrogen-bond acceptors (Lipinski definition) is 5. The van der Waals surface area contributed by atoms with Crippen LogP contribution in [0.25, 0.3) is 5.53 Å². The fraction of sp³-hybridized carbons (Fsp3) is 0.238. The molecule has 8 nitrogen and oxygen atoms in total. The molecule has 0 fully saturated rings. The maximum Gasteiger partial charge on any atom is 0.338 e. The van der Waals surface area contributed by atoms with E-state index in [-0.39, 0.29) is 13.0 Å². The van der Waals surface area contributed by atoms with E-state index in [9.17, 15) is 14.4 Å². The lowest BCUT2D eigenvalue weighted by Gasteiger charge is -2.15. The minimum Gasteiger partial charge on any atom is -0.457 e. The fourth-order valence-corrected chi connectivity index (χ4v) is 2.54. The molecule has 0 aliphatic rings. The highest BCUT2D eigenvalue weighted by molar-refractivity contribution is 6.28. The van der Waals surface area contributed by atoms with Crippen LogP contribution in [-0.2, 0) is 27.4 Å². The number of ketones is 1. The summed E-state index contributed by atoms with van der Waals surface area (Å²) in [7, 11) is 0. The molecule has 8 heteroatoms. The summed E-state index contributed by atoms with van der Waals surface area (Å²) in [5.41, 5.74) is 16.2. The van der Waals surface area contributed by atoms with E-state index in [0.29, 0.717) is 17.3 Å². The number of rotatable bonds is 9. The fourth-order valence-electron chi connectivity index (χ4n) is 2.54. The number of nitrogens with two attached hydrogens (primary N) is 1. The first kappa shape index (κ1) is 21.7. The Morgan fingerprint density at radius 1 is 1.14 bits per heavy atom. The average Bonchev–Trinajstić information content (AvgIpc) is 2.73. The lowest BCUT2D eigenvalue weighted by Crippen LogP contribution is -2.48. The lowest BCUT2D eigenvalue weighted by atomic mass is 10.0. The van der Waals surface area contributed by atoms with E-state index >= 15 is 0 Å². The maximum atomic E-state index is 12.3. The van der Waals surface area contributed by atoms with Gasteiger partial charge in [0, 0.05) is 0 Å². The molecule has 0 spiro atoms. The van der Waals surface area contributed by atoms with Crippen LogP contribution in [-0.4, -0.2) is 40.7 Å². The van der Waals surface area contributed by atoms with Gasteiger partial charge in [-0.25, -0.2) is 4.79 Å². The van der Waals surface area contributed by atoms with E-state index in [4.69, 9.17) is 16.0 Å². The van der Waals surface area contributed by atoms with Gasteiger partial charge in [-0.2, -0.15) is 4.79 Å². The molecule has 0 aromatic heterocycles. The molecule has 3 N–H and O–H groups in total. The molecule has 0 saturated carbocycles. The number of nitrogens with one attached hydrogen (secondary N) is 1. The minimum atomic E-state index is -0.924. The van der Waals surface area contributed by atoms with Crippen LogP contribution in [0.1, 0.15) is 28.4 Å². The first-order chi connectivity index (χ1) is 13.9. The normalized spacial score (nSPS) is 12.2. The van der Waals surface area contributed by atoms with Gasteiger partial charge >= 0.3 is 12.2 Å².